The van der Waals surface area contributed by atoms with Gasteiger partial charge in [-0.25, -0.2) is 9.67 Å². The van der Waals surface area contributed by atoms with Crippen molar-refractivity contribution in [1.29, 1.82) is 0 Å². The summed E-state index contributed by atoms with van der Waals surface area (Å²) in [5.41, 5.74) is 4.77. The van der Waals surface area contributed by atoms with Crippen LogP contribution in [0.4, 0.5) is 0 Å². The number of amides is 1. The van der Waals surface area contributed by atoms with Crippen LogP contribution < -0.4 is 5.32 Å². The highest BCUT2D eigenvalue weighted by molar-refractivity contribution is 5.93. The number of benzene rings is 1. The number of aryl methyl sites for hydroxylation is 1. The average Bonchev–Trinajstić information content (AvgIpc) is 3.37. The minimum Gasteiger partial charge on any atom is -0.464 e. The molecular weight excluding hydrogens is 376 g/mol. The summed E-state index contributed by atoms with van der Waals surface area (Å²) < 4.78 is 7.21. The van der Waals surface area contributed by atoms with Gasteiger partial charge in [0, 0.05) is 11.8 Å². The zero-order valence-electron chi connectivity index (χ0n) is 17.7. The molecule has 1 amide bonds. The van der Waals surface area contributed by atoms with Crippen LogP contribution in [0.5, 0.6) is 0 Å². The Balaban J connectivity index is 1.53. The third-order valence-electron chi connectivity index (χ3n) is 5.37. The highest BCUT2D eigenvalue weighted by Crippen LogP contribution is 2.30. The first-order valence-corrected chi connectivity index (χ1v) is 10.2. The molecule has 154 valence electrons. The number of furan rings is 1. The van der Waals surface area contributed by atoms with Crippen LogP contribution in [0.2, 0.25) is 0 Å². The molecule has 6 heteroatoms. The van der Waals surface area contributed by atoms with Crippen molar-refractivity contribution < 1.29 is 9.21 Å². The van der Waals surface area contributed by atoms with E-state index in [0.717, 1.165) is 28.0 Å². The summed E-state index contributed by atoms with van der Waals surface area (Å²) in [5, 5.41) is 8.53. The lowest BCUT2D eigenvalue weighted by atomic mass is 9.99. The van der Waals surface area contributed by atoms with E-state index in [-0.39, 0.29) is 18.5 Å². The Morgan fingerprint density at radius 2 is 1.83 bits per heavy atom. The van der Waals surface area contributed by atoms with Gasteiger partial charge < -0.3 is 9.73 Å². The first-order valence-electron chi connectivity index (χ1n) is 10.2. The van der Waals surface area contributed by atoms with Gasteiger partial charge in [-0.15, -0.1) is 0 Å². The molecule has 0 aliphatic rings. The molecule has 4 aromatic rings. The Bertz CT molecular complexity index is 1160. The van der Waals surface area contributed by atoms with Gasteiger partial charge in [0.25, 0.3) is 0 Å². The molecule has 0 spiro atoms. The number of nitrogens with zero attached hydrogens (tertiary/aromatic N) is 3. The number of hydrogen-bond donors (Lipinski definition) is 1. The van der Waals surface area contributed by atoms with Crippen LogP contribution in [0.3, 0.4) is 0 Å². The fraction of sp³-hybridized carbons (Fsp3) is 0.292. The third-order valence-corrected chi connectivity index (χ3v) is 5.37. The van der Waals surface area contributed by atoms with Crippen molar-refractivity contribution in [3.63, 3.8) is 0 Å². The van der Waals surface area contributed by atoms with Gasteiger partial charge in [-0.1, -0.05) is 38.1 Å². The van der Waals surface area contributed by atoms with Gasteiger partial charge in [-0.05, 0) is 49.1 Å². The van der Waals surface area contributed by atoms with E-state index < -0.39 is 0 Å². The molecule has 0 aliphatic heterocycles. The number of nitrogens with one attached hydrogen (secondary N) is 1. The molecule has 0 fully saturated rings. The third kappa shape index (κ3) is 3.85. The zero-order chi connectivity index (χ0) is 21.3. The van der Waals surface area contributed by atoms with Gasteiger partial charge in [0.1, 0.15) is 12.3 Å². The topological polar surface area (TPSA) is 73.0 Å². The summed E-state index contributed by atoms with van der Waals surface area (Å²) >= 11 is 0. The van der Waals surface area contributed by atoms with E-state index in [1.165, 1.54) is 5.56 Å². The van der Waals surface area contributed by atoms with Crippen LogP contribution in [-0.4, -0.2) is 20.7 Å². The van der Waals surface area contributed by atoms with Crippen molar-refractivity contribution in [2.24, 2.45) is 0 Å². The van der Waals surface area contributed by atoms with Crippen LogP contribution in [0.15, 0.2) is 59.3 Å². The van der Waals surface area contributed by atoms with Crippen molar-refractivity contribution in [1.82, 2.24) is 20.1 Å². The Kier molecular flexibility index (Phi) is 5.40. The Hall–Kier alpha value is -3.41. The van der Waals surface area contributed by atoms with Crippen LogP contribution in [0.1, 0.15) is 49.6 Å². The lowest BCUT2D eigenvalue weighted by Gasteiger charge is -2.15. The Labute approximate surface area is 175 Å². The first kappa shape index (κ1) is 19.9. The van der Waals surface area contributed by atoms with E-state index in [4.69, 9.17) is 4.42 Å². The molecule has 3 heterocycles. The smallest absolute Gasteiger partial charge is 0.242 e. The molecule has 1 atom stereocenters. The molecule has 3 aromatic heterocycles. The molecule has 4 rings (SSSR count). The maximum absolute atomic E-state index is 12.7. The number of aromatic nitrogens is 3. The summed E-state index contributed by atoms with van der Waals surface area (Å²) in [6.45, 7) is 8.35. The van der Waals surface area contributed by atoms with E-state index in [2.05, 4.69) is 53.5 Å². The molecule has 6 nitrogen and oxygen atoms in total. The van der Waals surface area contributed by atoms with Gasteiger partial charge in [-0.3, -0.25) is 4.79 Å². The molecular formula is C24H26N4O2. The lowest BCUT2D eigenvalue weighted by Crippen LogP contribution is -2.30. The van der Waals surface area contributed by atoms with Crippen LogP contribution in [0, 0.1) is 6.92 Å². The second-order valence-corrected chi connectivity index (χ2v) is 7.89. The second-order valence-electron chi connectivity index (χ2n) is 7.89. The second kappa shape index (κ2) is 8.14. The fourth-order valence-corrected chi connectivity index (χ4v) is 3.71. The Morgan fingerprint density at radius 1 is 1.10 bits per heavy atom. The molecule has 1 N–H and O–H groups in total. The van der Waals surface area contributed by atoms with Crippen LogP contribution in [0.25, 0.3) is 22.4 Å². The van der Waals surface area contributed by atoms with Gasteiger partial charge >= 0.3 is 0 Å². The van der Waals surface area contributed by atoms with Crippen molar-refractivity contribution in [2.75, 3.05) is 0 Å². The van der Waals surface area contributed by atoms with E-state index >= 15 is 0 Å². The standard InChI is InChI=1S/C24H26N4O2/c1-15(2)18-7-9-19(10-8-18)16(3)26-22(29)14-28-24-23(17(4)27-28)20(11-12-25-24)21-6-5-13-30-21/h5-13,15-16H,14H2,1-4H3,(H,26,29). The molecule has 1 aromatic carbocycles. The highest BCUT2D eigenvalue weighted by atomic mass is 16.3. The maximum Gasteiger partial charge on any atom is 0.242 e. The monoisotopic (exact) mass is 402 g/mol. The predicted molar refractivity (Wildman–Crippen MR) is 117 cm³/mol. The molecule has 0 saturated heterocycles. The van der Waals surface area contributed by atoms with Crippen molar-refractivity contribution in [3.8, 4) is 11.3 Å². The molecule has 30 heavy (non-hydrogen) atoms. The molecule has 1 unspecified atom stereocenters. The van der Waals surface area contributed by atoms with Crippen molar-refractivity contribution in [2.45, 2.75) is 46.2 Å². The molecule has 0 radical (unpaired) electrons. The summed E-state index contributed by atoms with van der Waals surface area (Å²) in [5.74, 6) is 1.14. The first-order chi connectivity index (χ1) is 14.4. The van der Waals surface area contributed by atoms with Crippen molar-refractivity contribution in [3.05, 3.63) is 71.7 Å². The predicted octanol–water partition coefficient (Wildman–Crippen LogP) is 5.00. The zero-order valence-corrected chi connectivity index (χ0v) is 17.7. The molecule has 0 saturated carbocycles. The van der Waals surface area contributed by atoms with Crippen molar-refractivity contribution >= 4 is 16.9 Å². The van der Waals surface area contributed by atoms with E-state index in [1.807, 2.05) is 32.0 Å². The molecule has 0 aliphatic carbocycles. The minimum atomic E-state index is -0.106. The summed E-state index contributed by atoms with van der Waals surface area (Å²) in [4.78, 5) is 17.2. The van der Waals surface area contributed by atoms with Gasteiger partial charge in [0.15, 0.2) is 5.65 Å². The molecule has 0 bridgehead atoms. The minimum absolute atomic E-state index is 0.0896. The largest absolute Gasteiger partial charge is 0.464 e. The van der Waals surface area contributed by atoms with E-state index in [0.29, 0.717) is 11.6 Å². The number of fused-ring (bicyclic) bond motifs is 1. The Morgan fingerprint density at radius 3 is 2.50 bits per heavy atom. The maximum atomic E-state index is 12.7. The van der Waals surface area contributed by atoms with E-state index in [1.54, 1.807) is 17.1 Å². The summed E-state index contributed by atoms with van der Waals surface area (Å²) in [7, 11) is 0. The van der Waals surface area contributed by atoms with Crippen LogP contribution in [-0.2, 0) is 11.3 Å². The highest BCUT2D eigenvalue weighted by Gasteiger charge is 2.18. The average molecular weight is 402 g/mol. The number of carbonyl (C=O) groups is 1. The summed E-state index contributed by atoms with van der Waals surface area (Å²) in [6.07, 6.45) is 3.36. The number of hydrogen-bond acceptors (Lipinski definition) is 4. The lowest BCUT2D eigenvalue weighted by molar-refractivity contribution is -0.122. The SMILES string of the molecule is Cc1nn(CC(=O)NC(C)c2ccc(C(C)C)cc2)c2nccc(-c3ccco3)c12. The van der Waals surface area contributed by atoms with Gasteiger partial charge in [-0.2, -0.15) is 5.10 Å². The fourth-order valence-electron chi connectivity index (χ4n) is 3.71. The number of pyridine rings is 1. The number of carbonyl (C=O) groups excluding carboxylic acids is 1. The van der Waals surface area contributed by atoms with Gasteiger partial charge in [0.05, 0.1) is 23.4 Å². The normalized spacial score (nSPS) is 12.4. The summed E-state index contributed by atoms with van der Waals surface area (Å²) in [6, 6.07) is 14.0. The number of rotatable bonds is 6. The quantitative estimate of drug-likeness (QED) is 0.492. The van der Waals surface area contributed by atoms with Gasteiger partial charge in [0.2, 0.25) is 5.91 Å². The van der Waals surface area contributed by atoms with Crippen LogP contribution >= 0.6 is 0 Å². The van der Waals surface area contributed by atoms with E-state index in [9.17, 15) is 4.79 Å².